The van der Waals surface area contributed by atoms with E-state index in [0.29, 0.717) is 37.2 Å². The number of ether oxygens (including phenoxy) is 1. The van der Waals surface area contributed by atoms with Crippen molar-refractivity contribution in [3.05, 3.63) is 131 Å². The number of hydrogen-bond acceptors (Lipinski definition) is 4. The zero-order valence-electron chi connectivity index (χ0n) is 23.6. The Balaban J connectivity index is 1.49. The van der Waals surface area contributed by atoms with E-state index in [1.165, 1.54) is 11.1 Å². The molecular weight excluding hydrogens is 510 g/mol. The predicted molar refractivity (Wildman–Crippen MR) is 160 cm³/mol. The number of aromatic hydroxyl groups is 1. The highest BCUT2D eigenvalue weighted by molar-refractivity contribution is 5.84. The molecule has 4 aromatic rings. The van der Waals surface area contributed by atoms with Gasteiger partial charge in [0.2, 0.25) is 5.91 Å². The Labute approximate surface area is 242 Å². The summed E-state index contributed by atoms with van der Waals surface area (Å²) in [6.07, 6.45) is 1.24. The highest BCUT2D eigenvalue weighted by Gasteiger charge is 2.61. The fourth-order valence-electron chi connectivity index (χ4n) is 7.68. The van der Waals surface area contributed by atoms with E-state index in [9.17, 15) is 15.0 Å². The fourth-order valence-corrected chi connectivity index (χ4v) is 7.68. The van der Waals surface area contributed by atoms with Crippen molar-refractivity contribution in [2.75, 3.05) is 20.2 Å². The number of phenols is 1. The second-order valence-electron chi connectivity index (χ2n) is 11.6. The number of aliphatic hydroxyl groups is 1. The zero-order valence-corrected chi connectivity index (χ0v) is 23.6. The van der Waals surface area contributed by atoms with Crippen LogP contribution in [0.3, 0.4) is 0 Å². The van der Waals surface area contributed by atoms with Crippen LogP contribution in [0, 0.1) is 11.8 Å². The van der Waals surface area contributed by atoms with Gasteiger partial charge in [0.05, 0.1) is 18.6 Å². The first-order valence-corrected chi connectivity index (χ1v) is 14.4. The molecule has 0 spiro atoms. The van der Waals surface area contributed by atoms with Crippen molar-refractivity contribution in [2.24, 2.45) is 11.8 Å². The third-order valence-corrected chi connectivity index (χ3v) is 9.70. The summed E-state index contributed by atoms with van der Waals surface area (Å²) in [5.74, 6) is -0.0757. The van der Waals surface area contributed by atoms with E-state index in [0.717, 1.165) is 5.56 Å². The summed E-state index contributed by atoms with van der Waals surface area (Å²) in [6.45, 7) is 2.77. The summed E-state index contributed by atoms with van der Waals surface area (Å²) in [5, 5.41) is 23.2. The maximum atomic E-state index is 14.1. The minimum absolute atomic E-state index is 0.0432. The van der Waals surface area contributed by atoms with Crippen molar-refractivity contribution < 1.29 is 19.7 Å². The number of likely N-dealkylation sites (tertiary alicyclic amines) is 1. The van der Waals surface area contributed by atoms with Crippen LogP contribution in [0.1, 0.15) is 47.9 Å². The first-order chi connectivity index (χ1) is 19.9. The van der Waals surface area contributed by atoms with Crippen molar-refractivity contribution in [1.82, 2.24) is 4.90 Å². The second kappa shape index (κ2) is 10.7. The zero-order chi connectivity index (χ0) is 28.6. The molecule has 5 heteroatoms. The van der Waals surface area contributed by atoms with E-state index in [1.54, 1.807) is 19.2 Å². The lowest BCUT2D eigenvalue weighted by Gasteiger charge is -2.53. The van der Waals surface area contributed by atoms with Crippen molar-refractivity contribution in [2.45, 2.75) is 36.7 Å². The Bertz CT molecular complexity index is 1480. The molecule has 4 aromatic carbocycles. The maximum Gasteiger partial charge on any atom is 0.229 e. The monoisotopic (exact) mass is 547 g/mol. The lowest BCUT2D eigenvalue weighted by atomic mass is 9.52. The summed E-state index contributed by atoms with van der Waals surface area (Å²) in [6, 6.07) is 35.9. The van der Waals surface area contributed by atoms with Gasteiger partial charge in [0, 0.05) is 35.5 Å². The predicted octanol–water partition coefficient (Wildman–Crippen LogP) is 6.25. The molecule has 2 aliphatic rings. The van der Waals surface area contributed by atoms with Crippen LogP contribution in [0.4, 0.5) is 0 Å². The van der Waals surface area contributed by atoms with Gasteiger partial charge in [-0.15, -0.1) is 0 Å². The summed E-state index contributed by atoms with van der Waals surface area (Å²) < 4.78 is 5.75. The van der Waals surface area contributed by atoms with Crippen LogP contribution in [0.5, 0.6) is 11.5 Å². The van der Waals surface area contributed by atoms with Gasteiger partial charge < -0.3 is 19.8 Å². The number of nitrogens with zero attached hydrogens (tertiary/aromatic N) is 1. The number of rotatable bonds is 6. The minimum atomic E-state index is -1.18. The summed E-state index contributed by atoms with van der Waals surface area (Å²) in [7, 11) is 1.64. The number of fused-ring (bicyclic) bond motifs is 1. The molecule has 1 heterocycles. The van der Waals surface area contributed by atoms with E-state index < -0.39 is 16.9 Å². The Hall–Kier alpha value is -4.09. The molecule has 4 atom stereocenters. The SMILES string of the molecule is COc1ccccc1C1(O)CCC(c2ccccc2)(c2ccccc2)C2CN(C(=O)C(C)c3ccccc3O)CC21. The molecule has 4 unspecified atom stereocenters. The third-order valence-electron chi connectivity index (χ3n) is 9.70. The molecule has 6 rings (SSSR count). The Kier molecular flexibility index (Phi) is 7.08. The Morgan fingerprint density at radius 2 is 1.37 bits per heavy atom. The van der Waals surface area contributed by atoms with Gasteiger partial charge in [0.1, 0.15) is 11.5 Å². The van der Waals surface area contributed by atoms with Gasteiger partial charge in [-0.05, 0) is 48.9 Å². The molecule has 1 aliphatic heterocycles. The van der Waals surface area contributed by atoms with E-state index in [1.807, 2.05) is 60.4 Å². The number of hydrogen-bond donors (Lipinski definition) is 2. The van der Waals surface area contributed by atoms with Crippen LogP contribution >= 0.6 is 0 Å². The van der Waals surface area contributed by atoms with Crippen LogP contribution < -0.4 is 4.74 Å². The number of carbonyl (C=O) groups is 1. The highest BCUT2D eigenvalue weighted by atomic mass is 16.5. The molecule has 2 fully saturated rings. The smallest absolute Gasteiger partial charge is 0.229 e. The van der Waals surface area contributed by atoms with Crippen LogP contribution in [-0.2, 0) is 15.8 Å². The van der Waals surface area contributed by atoms with Crippen molar-refractivity contribution in [3.8, 4) is 11.5 Å². The lowest BCUT2D eigenvalue weighted by Crippen LogP contribution is -2.53. The molecule has 41 heavy (non-hydrogen) atoms. The molecule has 2 N–H and O–H groups in total. The lowest BCUT2D eigenvalue weighted by molar-refractivity contribution is -0.132. The van der Waals surface area contributed by atoms with Crippen molar-refractivity contribution in [1.29, 1.82) is 0 Å². The highest BCUT2D eigenvalue weighted by Crippen LogP contribution is 2.60. The quantitative estimate of drug-likeness (QED) is 0.300. The number of methoxy groups -OCH3 is 1. The average molecular weight is 548 g/mol. The van der Waals surface area contributed by atoms with E-state index in [2.05, 4.69) is 48.5 Å². The topological polar surface area (TPSA) is 70.0 Å². The van der Waals surface area contributed by atoms with Crippen molar-refractivity contribution in [3.63, 3.8) is 0 Å². The number of para-hydroxylation sites is 2. The molecule has 1 saturated heterocycles. The fraction of sp³-hybridized carbons (Fsp3) is 0.306. The summed E-state index contributed by atoms with van der Waals surface area (Å²) in [5.41, 5.74) is 2.21. The Morgan fingerprint density at radius 3 is 2.00 bits per heavy atom. The standard InChI is InChI=1S/C36H37NO4/c1-25(28-17-9-11-19-32(28)38)34(39)37-23-30-31(24-37)36(40,29-18-10-12-20-33(29)41-2)22-21-35(30,26-13-5-3-6-14-26)27-15-7-4-8-16-27/h3-20,25,30-31,38,40H,21-24H2,1-2H3. The number of benzene rings is 4. The minimum Gasteiger partial charge on any atom is -0.508 e. The van der Waals surface area contributed by atoms with E-state index in [-0.39, 0.29) is 23.5 Å². The van der Waals surface area contributed by atoms with Crippen molar-refractivity contribution >= 4 is 5.91 Å². The van der Waals surface area contributed by atoms with Gasteiger partial charge in [-0.2, -0.15) is 0 Å². The molecule has 5 nitrogen and oxygen atoms in total. The first-order valence-electron chi connectivity index (χ1n) is 14.4. The van der Waals surface area contributed by atoms with Crippen LogP contribution in [0.15, 0.2) is 109 Å². The van der Waals surface area contributed by atoms with Gasteiger partial charge >= 0.3 is 0 Å². The van der Waals surface area contributed by atoms with E-state index >= 15 is 0 Å². The largest absolute Gasteiger partial charge is 0.508 e. The van der Waals surface area contributed by atoms with Gasteiger partial charge in [0.25, 0.3) is 0 Å². The summed E-state index contributed by atoms with van der Waals surface area (Å²) >= 11 is 0. The van der Waals surface area contributed by atoms with Gasteiger partial charge in [-0.1, -0.05) is 97.1 Å². The molecule has 1 saturated carbocycles. The third kappa shape index (κ3) is 4.40. The molecule has 1 amide bonds. The molecule has 210 valence electrons. The van der Waals surface area contributed by atoms with Crippen LogP contribution in [-0.4, -0.2) is 41.2 Å². The number of carbonyl (C=O) groups excluding carboxylic acids is 1. The van der Waals surface area contributed by atoms with Gasteiger partial charge in [-0.3, -0.25) is 4.79 Å². The molecule has 0 radical (unpaired) electrons. The molecule has 0 aromatic heterocycles. The molecular formula is C36H37NO4. The second-order valence-corrected chi connectivity index (χ2v) is 11.6. The van der Waals surface area contributed by atoms with Crippen LogP contribution in [0.25, 0.3) is 0 Å². The number of amides is 1. The number of phenolic OH excluding ortho intramolecular Hbond substituents is 1. The maximum absolute atomic E-state index is 14.1. The molecule has 1 aliphatic carbocycles. The Morgan fingerprint density at radius 1 is 0.805 bits per heavy atom. The first kappa shape index (κ1) is 27.1. The summed E-state index contributed by atoms with van der Waals surface area (Å²) in [4.78, 5) is 16.0. The normalized spacial score (nSPS) is 23.9. The van der Waals surface area contributed by atoms with Crippen LogP contribution in [0.2, 0.25) is 0 Å². The van der Waals surface area contributed by atoms with Gasteiger partial charge in [0.15, 0.2) is 0 Å². The molecule has 0 bridgehead atoms. The van der Waals surface area contributed by atoms with Gasteiger partial charge in [-0.25, -0.2) is 0 Å². The average Bonchev–Trinajstić information content (AvgIpc) is 3.49. The van der Waals surface area contributed by atoms with E-state index in [4.69, 9.17) is 4.74 Å².